The highest BCUT2D eigenvalue weighted by atomic mass is 79.9. The number of carbonyl (C=O) groups excluding carboxylic acids is 1. The van der Waals surface area contributed by atoms with Gasteiger partial charge in [-0.1, -0.05) is 35.9 Å². The summed E-state index contributed by atoms with van der Waals surface area (Å²) in [7, 11) is 1.60. The number of aryl methyl sites for hydroxylation is 2. The predicted octanol–water partition coefficient (Wildman–Crippen LogP) is 6.80. The minimum absolute atomic E-state index is 0.272. The third-order valence-corrected chi connectivity index (χ3v) is 6.31. The Morgan fingerprint density at radius 1 is 1.06 bits per heavy atom. The summed E-state index contributed by atoms with van der Waals surface area (Å²) in [5, 5.41) is 8.06. The van der Waals surface area contributed by atoms with Crippen molar-refractivity contribution in [1.29, 1.82) is 0 Å². The molecule has 0 aliphatic heterocycles. The molecular formula is C27H25BrClN3O3. The summed E-state index contributed by atoms with van der Waals surface area (Å²) >= 11 is 9.45. The molecule has 0 aliphatic carbocycles. The van der Waals surface area contributed by atoms with Crippen LogP contribution in [0.2, 0.25) is 5.02 Å². The summed E-state index contributed by atoms with van der Waals surface area (Å²) in [5.41, 5.74) is 4.46. The molecule has 3 aromatic carbocycles. The van der Waals surface area contributed by atoms with Gasteiger partial charge in [-0.3, -0.25) is 9.48 Å². The van der Waals surface area contributed by atoms with Crippen LogP contribution in [0, 0.1) is 13.8 Å². The van der Waals surface area contributed by atoms with Crippen molar-refractivity contribution >= 4 is 39.3 Å². The zero-order valence-corrected chi connectivity index (χ0v) is 22.0. The number of methoxy groups -OCH3 is 1. The SMILES string of the molecule is COc1ccc(C(=O)Nc2nn(Cc3ccc(Cl)cc3)cc2Br)cc1COc1cc(C)ccc1C. The molecule has 0 bridgehead atoms. The van der Waals surface area contributed by atoms with Crippen LogP contribution in [0.5, 0.6) is 11.5 Å². The quantitative estimate of drug-likeness (QED) is 0.260. The van der Waals surface area contributed by atoms with Crippen LogP contribution in [0.15, 0.2) is 71.3 Å². The van der Waals surface area contributed by atoms with Crippen LogP contribution in [-0.2, 0) is 13.2 Å². The molecule has 35 heavy (non-hydrogen) atoms. The van der Waals surface area contributed by atoms with Gasteiger partial charge in [0.2, 0.25) is 0 Å². The molecule has 0 unspecified atom stereocenters. The molecule has 0 aliphatic rings. The van der Waals surface area contributed by atoms with Crippen molar-refractivity contribution in [2.75, 3.05) is 12.4 Å². The molecule has 0 saturated carbocycles. The van der Waals surface area contributed by atoms with E-state index in [-0.39, 0.29) is 12.5 Å². The van der Waals surface area contributed by atoms with Crippen LogP contribution in [0.1, 0.15) is 32.6 Å². The second kappa shape index (κ2) is 11.0. The van der Waals surface area contributed by atoms with Crippen molar-refractivity contribution in [3.63, 3.8) is 0 Å². The fourth-order valence-electron chi connectivity index (χ4n) is 3.57. The number of amides is 1. The molecule has 0 spiro atoms. The third kappa shape index (κ3) is 6.24. The Kier molecular flexibility index (Phi) is 7.78. The first-order valence-electron chi connectivity index (χ1n) is 11.0. The highest BCUT2D eigenvalue weighted by Crippen LogP contribution is 2.26. The third-order valence-electron chi connectivity index (χ3n) is 5.48. The highest BCUT2D eigenvalue weighted by Gasteiger charge is 2.15. The standard InChI is InChI=1S/C27H25BrClN3O3/c1-17-4-5-18(2)25(12-17)35-16-21-13-20(8-11-24(21)34-3)27(33)30-26-23(28)15-32(31-26)14-19-6-9-22(29)10-7-19/h4-13,15H,14,16H2,1-3H3,(H,30,31,33). The topological polar surface area (TPSA) is 65.4 Å². The van der Waals surface area contributed by atoms with Gasteiger partial charge in [0.1, 0.15) is 18.1 Å². The van der Waals surface area contributed by atoms with Crippen molar-refractivity contribution in [3.8, 4) is 11.5 Å². The molecule has 1 aromatic heterocycles. The number of nitrogens with one attached hydrogen (secondary N) is 1. The van der Waals surface area contributed by atoms with Crippen LogP contribution in [0.25, 0.3) is 0 Å². The summed E-state index contributed by atoms with van der Waals surface area (Å²) in [4.78, 5) is 13.0. The fraction of sp³-hybridized carbons (Fsp3) is 0.185. The van der Waals surface area contributed by atoms with Crippen LogP contribution in [0.4, 0.5) is 5.82 Å². The maximum Gasteiger partial charge on any atom is 0.256 e. The molecule has 0 atom stereocenters. The van der Waals surface area contributed by atoms with Gasteiger partial charge in [0.05, 0.1) is 18.1 Å². The molecule has 4 aromatic rings. The van der Waals surface area contributed by atoms with Gasteiger partial charge < -0.3 is 14.8 Å². The van der Waals surface area contributed by atoms with Gasteiger partial charge >= 0.3 is 0 Å². The maximum atomic E-state index is 13.0. The van der Waals surface area contributed by atoms with E-state index in [4.69, 9.17) is 21.1 Å². The summed E-state index contributed by atoms with van der Waals surface area (Å²) in [6.45, 7) is 4.84. The average Bonchev–Trinajstić information content (AvgIpc) is 3.19. The van der Waals surface area contributed by atoms with Gasteiger partial charge in [-0.25, -0.2) is 0 Å². The van der Waals surface area contributed by atoms with E-state index in [1.807, 2.05) is 62.5 Å². The Hall–Kier alpha value is -3.29. The number of halogens is 2. The Morgan fingerprint density at radius 2 is 1.83 bits per heavy atom. The normalized spacial score (nSPS) is 10.8. The minimum Gasteiger partial charge on any atom is -0.496 e. The molecule has 8 heteroatoms. The molecule has 180 valence electrons. The summed E-state index contributed by atoms with van der Waals surface area (Å²) in [5.74, 6) is 1.61. The van der Waals surface area contributed by atoms with Crippen LogP contribution >= 0.6 is 27.5 Å². The lowest BCUT2D eigenvalue weighted by molar-refractivity contribution is 0.102. The van der Waals surface area contributed by atoms with Gasteiger partial charge in [-0.2, -0.15) is 5.10 Å². The molecule has 0 saturated heterocycles. The molecular weight excluding hydrogens is 530 g/mol. The lowest BCUT2D eigenvalue weighted by Crippen LogP contribution is -2.14. The molecule has 0 radical (unpaired) electrons. The monoisotopic (exact) mass is 553 g/mol. The largest absolute Gasteiger partial charge is 0.496 e. The second-order valence-corrected chi connectivity index (χ2v) is 9.48. The van der Waals surface area contributed by atoms with Crippen molar-refractivity contribution in [2.45, 2.75) is 27.0 Å². The Bertz CT molecular complexity index is 1350. The van der Waals surface area contributed by atoms with E-state index in [0.717, 1.165) is 28.0 Å². The van der Waals surface area contributed by atoms with E-state index in [1.54, 1.807) is 30.0 Å². The minimum atomic E-state index is -0.280. The van der Waals surface area contributed by atoms with Gasteiger partial charge in [-0.05, 0) is 82.9 Å². The highest BCUT2D eigenvalue weighted by molar-refractivity contribution is 9.10. The summed E-state index contributed by atoms with van der Waals surface area (Å²) in [6, 6.07) is 18.9. The summed E-state index contributed by atoms with van der Waals surface area (Å²) in [6.07, 6.45) is 1.82. The van der Waals surface area contributed by atoms with Gasteiger partial charge in [0, 0.05) is 22.3 Å². The van der Waals surface area contributed by atoms with Crippen LogP contribution in [0.3, 0.4) is 0 Å². The molecule has 1 amide bonds. The molecule has 1 N–H and O–H groups in total. The lowest BCUT2D eigenvalue weighted by Gasteiger charge is -2.14. The Labute approximate surface area is 218 Å². The first kappa shape index (κ1) is 24.8. The number of ether oxygens (including phenoxy) is 2. The molecule has 6 nitrogen and oxygen atoms in total. The number of hydrogen-bond acceptors (Lipinski definition) is 4. The zero-order chi connectivity index (χ0) is 24.9. The fourth-order valence-corrected chi connectivity index (χ4v) is 4.11. The van der Waals surface area contributed by atoms with Gasteiger partial charge in [0.15, 0.2) is 5.82 Å². The number of benzene rings is 3. The lowest BCUT2D eigenvalue weighted by atomic mass is 10.1. The first-order valence-corrected chi connectivity index (χ1v) is 12.1. The molecule has 4 rings (SSSR count). The van der Waals surface area contributed by atoms with Crippen molar-refractivity contribution in [1.82, 2.24) is 9.78 Å². The number of carbonyl (C=O) groups is 1. The van der Waals surface area contributed by atoms with Crippen molar-refractivity contribution < 1.29 is 14.3 Å². The number of hydrogen-bond donors (Lipinski definition) is 1. The van der Waals surface area contributed by atoms with E-state index in [2.05, 4.69) is 26.3 Å². The van der Waals surface area contributed by atoms with Gasteiger partial charge in [-0.15, -0.1) is 0 Å². The summed E-state index contributed by atoms with van der Waals surface area (Å²) < 4.78 is 14.0. The maximum absolute atomic E-state index is 13.0. The number of nitrogens with zero attached hydrogens (tertiary/aromatic N) is 2. The molecule has 0 fully saturated rings. The Balaban J connectivity index is 1.48. The number of anilines is 1. The van der Waals surface area contributed by atoms with E-state index in [1.165, 1.54) is 0 Å². The van der Waals surface area contributed by atoms with E-state index >= 15 is 0 Å². The van der Waals surface area contributed by atoms with E-state index < -0.39 is 0 Å². The zero-order valence-electron chi connectivity index (χ0n) is 19.6. The van der Waals surface area contributed by atoms with Crippen molar-refractivity contribution in [2.24, 2.45) is 0 Å². The second-order valence-electron chi connectivity index (χ2n) is 8.19. The predicted molar refractivity (Wildman–Crippen MR) is 142 cm³/mol. The smallest absolute Gasteiger partial charge is 0.256 e. The molecule has 1 heterocycles. The van der Waals surface area contributed by atoms with Crippen molar-refractivity contribution in [3.05, 3.63) is 104 Å². The average molecular weight is 555 g/mol. The van der Waals surface area contributed by atoms with Crippen LogP contribution < -0.4 is 14.8 Å². The first-order chi connectivity index (χ1) is 16.8. The van der Waals surface area contributed by atoms with E-state index in [0.29, 0.717) is 33.2 Å². The van der Waals surface area contributed by atoms with E-state index in [9.17, 15) is 4.79 Å². The Morgan fingerprint density at radius 3 is 2.57 bits per heavy atom. The van der Waals surface area contributed by atoms with Crippen LogP contribution in [-0.4, -0.2) is 22.8 Å². The number of aromatic nitrogens is 2. The number of rotatable bonds is 8. The van der Waals surface area contributed by atoms with Gasteiger partial charge in [0.25, 0.3) is 5.91 Å².